The number of hydrogen-bond acceptors (Lipinski definition) is 13. The van der Waals surface area contributed by atoms with E-state index >= 15 is 4.39 Å². The van der Waals surface area contributed by atoms with Crippen molar-refractivity contribution in [2.45, 2.75) is 134 Å². The first-order valence-corrected chi connectivity index (χ1v) is 34.8. The van der Waals surface area contributed by atoms with Crippen LogP contribution in [0.3, 0.4) is 0 Å². The molecule has 2 bridgehead atoms. The third-order valence-electron chi connectivity index (χ3n) is 20.9. The molecule has 1 N–H and O–H groups in total. The standard InChI is InChI=1S/C80H83FN10O9/c1-48-41-86(42-52-26-31-65-68(36-52)85(7)77(95)91(65)66-32-33-69(92)82-75(66)93)34-35-87(48)76(94)54-27-24-51(25-28-54)47-99-74-72(71-50(3)63(81)39-64-62(71)45-90(84-64)80(55-18-12-9-13-19-55,56-20-14-10-15-21-56)57-22-16-11-17-23-57)60(53-29-30-53)38-61-67(40-70(83-73(61)74)98-46-49(2)97-8)88-43-59-37-58(88)44-89(59)78(96)100-79(4,5)6/h9-28,31,36,38-40,45,48-49,53,58-59,66H,29-30,32-35,37,41-44,46-47H2,1-8H3,(H,82,92,93)/t48-,49-,58-,59-,66?/m0/s1. The zero-order valence-electron chi connectivity index (χ0n) is 57.7. The van der Waals surface area contributed by atoms with E-state index in [1.807, 2.05) is 152 Å². The highest BCUT2D eigenvalue weighted by Crippen LogP contribution is 2.55. The van der Waals surface area contributed by atoms with Crippen molar-refractivity contribution in [1.82, 2.24) is 43.9 Å². The van der Waals surface area contributed by atoms with Gasteiger partial charge >= 0.3 is 11.8 Å². The zero-order chi connectivity index (χ0) is 69.5. The van der Waals surface area contributed by atoms with E-state index < -0.39 is 28.9 Å². The fraction of sp³-hybridized carbons (Fsp3) is 0.362. The largest absolute Gasteiger partial charge is 0.486 e. The van der Waals surface area contributed by atoms with Crippen LogP contribution in [0.4, 0.5) is 14.9 Å². The average Bonchev–Trinajstić information content (AvgIpc) is 1.45. The number of ether oxygens (including phenoxy) is 4. The molecule has 7 aromatic carbocycles. The number of aromatic nitrogens is 5. The molecule has 0 spiro atoms. The molecule has 1 unspecified atom stereocenters. The van der Waals surface area contributed by atoms with Crippen LogP contribution in [0, 0.1) is 12.7 Å². The Balaban J connectivity index is 0.798. The van der Waals surface area contributed by atoms with Crippen LogP contribution in [0.5, 0.6) is 11.6 Å². The van der Waals surface area contributed by atoms with E-state index in [1.54, 1.807) is 24.8 Å². The Labute approximate surface area is 580 Å². The highest BCUT2D eigenvalue weighted by atomic mass is 19.1. The predicted octanol–water partition coefficient (Wildman–Crippen LogP) is 12.6. The molecular weight excluding hydrogens is 1260 g/mol. The number of rotatable bonds is 18. The van der Waals surface area contributed by atoms with Crippen LogP contribution in [0.1, 0.15) is 128 Å². The fourth-order valence-corrected chi connectivity index (χ4v) is 15.7. The first-order valence-electron chi connectivity index (χ1n) is 34.8. The van der Waals surface area contributed by atoms with Gasteiger partial charge in [-0.2, -0.15) is 5.10 Å². The lowest BCUT2D eigenvalue weighted by Gasteiger charge is -2.40. The van der Waals surface area contributed by atoms with Crippen LogP contribution >= 0.6 is 0 Å². The SMILES string of the molecule is CO[C@@H](C)COc1cc(N2C[C@@H]3C[C@H]2CN3C(=O)OC(C)(C)C)c2cc(C3CC3)c(-c3c(C)c(F)cc4nn(C(c5ccccc5)(c5ccccc5)c5ccccc5)cc34)c(OCc3ccc(C(=O)N4CCN(Cc5ccc6c(c5)n(C)c(=O)n6C5CCC(=O)NC5=O)C[C@@H]4C)cc3)c2n1. The molecule has 5 fully saturated rings. The van der Waals surface area contributed by atoms with Crippen molar-refractivity contribution in [1.29, 1.82) is 0 Å². The number of imidazole rings is 1. The van der Waals surface area contributed by atoms with E-state index in [0.717, 1.165) is 74.7 Å². The second-order valence-electron chi connectivity index (χ2n) is 28.7. The number of pyridine rings is 1. The summed E-state index contributed by atoms with van der Waals surface area (Å²) in [4.78, 5) is 80.6. The van der Waals surface area contributed by atoms with Gasteiger partial charge in [0.25, 0.3) is 5.91 Å². The van der Waals surface area contributed by atoms with Gasteiger partial charge in [0.15, 0.2) is 5.75 Å². The molecule has 4 aliphatic heterocycles. The van der Waals surface area contributed by atoms with Crippen molar-refractivity contribution in [3.63, 3.8) is 0 Å². The molecule has 5 atom stereocenters. The Hall–Kier alpha value is -10.2. The van der Waals surface area contributed by atoms with Crippen molar-refractivity contribution >= 4 is 62.3 Å². The number of hydrogen-bond donors (Lipinski definition) is 1. The second kappa shape index (κ2) is 26.2. The summed E-state index contributed by atoms with van der Waals surface area (Å²) in [6.45, 7) is 15.1. The second-order valence-corrected chi connectivity index (χ2v) is 28.7. The molecule has 4 saturated heterocycles. The van der Waals surface area contributed by atoms with Gasteiger partial charge in [-0.1, -0.05) is 109 Å². The molecule has 19 nitrogen and oxygen atoms in total. The number of carbonyl (C=O) groups excluding carboxylic acids is 4. The number of nitrogens with zero attached hydrogens (tertiary/aromatic N) is 9. The van der Waals surface area contributed by atoms with Crippen LogP contribution in [-0.4, -0.2) is 139 Å². The number of piperazine rings is 2. The Morgan fingerprint density at radius 3 is 2.04 bits per heavy atom. The van der Waals surface area contributed by atoms with Gasteiger partial charge < -0.3 is 33.6 Å². The number of amides is 4. The van der Waals surface area contributed by atoms with Crippen molar-refractivity contribution in [2.24, 2.45) is 7.05 Å². The fourth-order valence-electron chi connectivity index (χ4n) is 15.7. The Morgan fingerprint density at radius 2 is 1.42 bits per heavy atom. The summed E-state index contributed by atoms with van der Waals surface area (Å²) in [7, 11) is 3.34. The van der Waals surface area contributed by atoms with Crippen molar-refractivity contribution in [3.8, 4) is 22.8 Å². The lowest BCUT2D eigenvalue weighted by molar-refractivity contribution is -0.135. The van der Waals surface area contributed by atoms with Crippen LogP contribution in [-0.2, 0) is 44.8 Å². The topological polar surface area (TPSA) is 188 Å². The van der Waals surface area contributed by atoms with Gasteiger partial charge in [-0.05, 0) is 142 Å². The summed E-state index contributed by atoms with van der Waals surface area (Å²) < 4.78 is 48.3. The minimum absolute atomic E-state index is 0.0413. The number of anilines is 1. The summed E-state index contributed by atoms with van der Waals surface area (Å²) in [5, 5.41) is 9.41. The van der Waals surface area contributed by atoms with Gasteiger partial charge in [0, 0.05) is 118 Å². The van der Waals surface area contributed by atoms with Crippen LogP contribution in [0.2, 0.25) is 0 Å². The van der Waals surface area contributed by atoms with Gasteiger partial charge in [-0.25, -0.2) is 19.0 Å². The highest BCUT2D eigenvalue weighted by molar-refractivity contribution is 6.07. The first-order chi connectivity index (χ1) is 48.2. The lowest BCUT2D eigenvalue weighted by atomic mass is 9.77. The van der Waals surface area contributed by atoms with Gasteiger partial charge in [0.1, 0.15) is 41.7 Å². The van der Waals surface area contributed by atoms with Crippen molar-refractivity contribution in [3.05, 3.63) is 219 Å². The van der Waals surface area contributed by atoms with E-state index in [9.17, 15) is 24.0 Å². The molecule has 0 radical (unpaired) electrons. The molecule has 20 heteroatoms. The maximum Gasteiger partial charge on any atom is 0.410 e. The maximum atomic E-state index is 17.6. The molecular formula is C80H83FN10O9. The molecule has 1 aliphatic carbocycles. The van der Waals surface area contributed by atoms with E-state index in [4.69, 9.17) is 29.0 Å². The van der Waals surface area contributed by atoms with Crippen LogP contribution < -0.4 is 25.4 Å². The molecule has 1 saturated carbocycles. The molecule has 514 valence electrons. The minimum atomic E-state index is -1.01. The number of methoxy groups -OCH3 is 1. The predicted molar refractivity (Wildman–Crippen MR) is 381 cm³/mol. The van der Waals surface area contributed by atoms with Gasteiger partial charge in [0.2, 0.25) is 17.7 Å². The van der Waals surface area contributed by atoms with Crippen LogP contribution in [0.15, 0.2) is 163 Å². The zero-order valence-corrected chi connectivity index (χ0v) is 57.7. The van der Waals surface area contributed by atoms with Crippen molar-refractivity contribution in [2.75, 3.05) is 51.3 Å². The quantitative estimate of drug-likeness (QED) is 0.0632. The summed E-state index contributed by atoms with van der Waals surface area (Å²) >= 11 is 0. The van der Waals surface area contributed by atoms with Crippen molar-refractivity contribution < 1.29 is 42.5 Å². The monoisotopic (exact) mass is 1350 g/mol. The van der Waals surface area contributed by atoms with E-state index in [2.05, 4.69) is 70.7 Å². The molecule has 4 amide bonds. The number of nitrogens with one attached hydrogen (secondary N) is 1. The summed E-state index contributed by atoms with van der Waals surface area (Å²) in [6.07, 6.45) is 4.46. The lowest BCUT2D eigenvalue weighted by Crippen LogP contribution is -2.53. The number of halogens is 1. The summed E-state index contributed by atoms with van der Waals surface area (Å²) in [5.41, 5.74) is 9.22. The number of piperidine rings is 1. The van der Waals surface area contributed by atoms with Crippen LogP contribution in [0.25, 0.3) is 44.0 Å². The number of fused-ring (bicyclic) bond motifs is 5. The Kier molecular flexibility index (Phi) is 17.2. The number of likely N-dealkylation sites (tertiary alicyclic amines) is 1. The van der Waals surface area contributed by atoms with E-state index in [-0.39, 0.29) is 79.8 Å². The Bertz CT molecular complexity index is 4800. The summed E-state index contributed by atoms with van der Waals surface area (Å²) in [5.74, 6) is -0.418. The number of aryl methyl sites for hydroxylation is 1. The normalized spacial score (nSPS) is 19.3. The first kappa shape index (κ1) is 65.7. The molecule has 5 aliphatic rings. The number of benzene rings is 7. The minimum Gasteiger partial charge on any atom is -0.486 e. The molecule has 15 rings (SSSR count). The molecule has 100 heavy (non-hydrogen) atoms. The maximum absolute atomic E-state index is 17.6. The molecule has 10 aromatic rings. The average molecular weight is 1350 g/mol. The molecule has 7 heterocycles. The van der Waals surface area contributed by atoms with Gasteiger partial charge in [-0.15, -0.1) is 0 Å². The van der Waals surface area contributed by atoms with Gasteiger partial charge in [-0.3, -0.25) is 38.4 Å². The van der Waals surface area contributed by atoms with Gasteiger partial charge in [0.05, 0.1) is 34.4 Å². The highest BCUT2D eigenvalue weighted by Gasteiger charge is 2.48. The number of carbonyl (C=O) groups is 4. The summed E-state index contributed by atoms with van der Waals surface area (Å²) in [6, 6.07) is 49.1. The molecule has 3 aromatic heterocycles. The Morgan fingerprint density at radius 1 is 0.740 bits per heavy atom. The van der Waals surface area contributed by atoms with E-state index in [0.29, 0.717) is 89.7 Å². The smallest absolute Gasteiger partial charge is 0.410 e. The van der Waals surface area contributed by atoms with E-state index in [1.165, 1.54) is 4.57 Å². The third kappa shape index (κ3) is 12.0. The third-order valence-corrected chi connectivity index (χ3v) is 20.9. The number of imide groups is 1.